The molecule has 0 aliphatic rings. The molecule has 0 heterocycles. The van der Waals surface area contributed by atoms with Crippen LogP contribution in [-0.4, -0.2) is 135 Å². The molecule has 0 spiro atoms. The maximum absolute atomic E-state index is 15.0. The Kier molecular flexibility index (Phi) is 24.6. The fourth-order valence-corrected chi connectivity index (χ4v) is 9.00. The van der Waals surface area contributed by atoms with E-state index in [9.17, 15) is 48.9 Å². The molecule has 5 aromatic rings. The summed E-state index contributed by atoms with van der Waals surface area (Å²) in [5.41, 5.74) is 14.2. The summed E-state index contributed by atoms with van der Waals surface area (Å²) in [5.74, 6) is -8.41. The van der Waals surface area contributed by atoms with Gasteiger partial charge in [-0.15, -0.1) is 0 Å². The minimum absolute atomic E-state index is 0.00763. The first kappa shape index (κ1) is 62.3. The van der Waals surface area contributed by atoms with Crippen molar-refractivity contribution >= 4 is 83.3 Å². The number of nitrogens with two attached hydrogens (primary N) is 2. The van der Waals surface area contributed by atoms with E-state index in [4.69, 9.17) is 11.5 Å². The summed E-state index contributed by atoms with van der Waals surface area (Å²) in [7, 11) is 0. The largest absolute Gasteiger partial charge is 0.508 e. The highest BCUT2D eigenvalue weighted by molar-refractivity contribution is 7.80. The second-order valence-electron chi connectivity index (χ2n) is 19.3. The number of hydrogen-bond donors (Lipinski definition) is 14. The van der Waals surface area contributed by atoms with Crippen molar-refractivity contribution in [1.29, 1.82) is 0 Å². The molecule has 7 amide bonds. The van der Waals surface area contributed by atoms with Crippen molar-refractivity contribution in [3.8, 4) is 5.75 Å². The summed E-state index contributed by atoms with van der Waals surface area (Å²) in [6.07, 6.45) is -1.14. The third-order valence-electron chi connectivity index (χ3n) is 13.2. The smallest absolute Gasteiger partial charge is 0.327 e. The number of thiol groups is 2. The van der Waals surface area contributed by atoms with Crippen LogP contribution in [0.15, 0.2) is 127 Å². The lowest BCUT2D eigenvalue weighted by atomic mass is 9.90. The third kappa shape index (κ3) is 19.1. The number of benzene rings is 5. The van der Waals surface area contributed by atoms with Crippen LogP contribution < -0.4 is 48.7 Å². The standard InChI is InChI=1S/C57H71N9O11S2/c1-33(39-23-22-38-17-9-10-18-40(38)30-39)48(65-54(73)46(29-37-20-24-41(68)25-21-37)62-52(71)44(61-50(69)42(59)31-78)27-35-13-5-3-6-14-35)55(74)60-43(19-11-12-26-58)51(70)66-49(34(2)67)56(75)63-45(28-36-15-7-4-8-16-36)53(72)64-47(32-79)57(76)77/h3-10,13-18,20-25,30,33-34,42-49,67-68,78-79H,11-12,19,26-29,31-32,58-59H2,1-2H3,(H,60,74)(H,61,69)(H,62,71)(H,63,75)(H,64,72)(H,65,73)(H,66,70)(H,76,77)/t33-,34-,42+,43+,44+,45+,46+,47+,48+,49+/m1/s1. The zero-order chi connectivity index (χ0) is 57.6. The van der Waals surface area contributed by atoms with Gasteiger partial charge in [-0.3, -0.25) is 33.6 Å². The van der Waals surface area contributed by atoms with E-state index in [2.05, 4.69) is 62.5 Å². The summed E-state index contributed by atoms with van der Waals surface area (Å²) < 4.78 is 0. The third-order valence-corrected chi connectivity index (χ3v) is 14.0. The molecule has 14 N–H and O–H groups in total. The summed E-state index contributed by atoms with van der Waals surface area (Å²) in [4.78, 5) is 112. The molecule has 5 aromatic carbocycles. The van der Waals surface area contributed by atoms with Gasteiger partial charge in [-0.2, -0.15) is 25.3 Å². The molecule has 0 radical (unpaired) electrons. The molecule has 0 unspecified atom stereocenters. The van der Waals surface area contributed by atoms with Crippen molar-refractivity contribution < 1.29 is 53.7 Å². The number of aliphatic hydroxyl groups is 1. The summed E-state index contributed by atoms with van der Waals surface area (Å²) in [6.45, 7) is 3.16. The molecule has 5 rings (SSSR count). The molecule has 0 aromatic heterocycles. The van der Waals surface area contributed by atoms with Gasteiger partial charge >= 0.3 is 5.97 Å². The second-order valence-corrected chi connectivity index (χ2v) is 20.0. The van der Waals surface area contributed by atoms with Crippen LogP contribution in [0, 0.1) is 0 Å². The normalized spacial score (nSPS) is 15.0. The number of phenolic OH excluding ortho intramolecular Hbond substituents is 1. The molecule has 0 saturated heterocycles. The van der Waals surface area contributed by atoms with Gasteiger partial charge in [0.15, 0.2) is 0 Å². The van der Waals surface area contributed by atoms with Crippen molar-refractivity contribution in [1.82, 2.24) is 37.2 Å². The number of aromatic hydroxyl groups is 1. The Balaban J connectivity index is 1.49. The number of aliphatic carboxylic acids is 1. The van der Waals surface area contributed by atoms with Gasteiger partial charge in [-0.1, -0.05) is 122 Å². The van der Waals surface area contributed by atoms with Crippen molar-refractivity contribution in [2.45, 2.75) is 113 Å². The van der Waals surface area contributed by atoms with E-state index in [0.717, 1.165) is 10.8 Å². The van der Waals surface area contributed by atoms with Gasteiger partial charge in [0.05, 0.1) is 12.1 Å². The summed E-state index contributed by atoms with van der Waals surface area (Å²) in [6, 6.07) is 25.2. The minimum atomic E-state index is -1.71. The monoisotopic (exact) mass is 1120 g/mol. The Morgan fingerprint density at radius 1 is 0.494 bits per heavy atom. The van der Waals surface area contributed by atoms with Gasteiger partial charge in [0.25, 0.3) is 0 Å². The number of unbranched alkanes of at least 4 members (excludes halogenated alkanes) is 1. The Morgan fingerprint density at radius 3 is 1.46 bits per heavy atom. The van der Waals surface area contributed by atoms with Gasteiger partial charge in [0.2, 0.25) is 41.4 Å². The summed E-state index contributed by atoms with van der Waals surface area (Å²) >= 11 is 8.17. The van der Waals surface area contributed by atoms with Crippen LogP contribution in [0.25, 0.3) is 10.8 Å². The predicted octanol–water partition coefficient (Wildman–Crippen LogP) is 1.55. The van der Waals surface area contributed by atoms with Gasteiger partial charge in [-0.25, -0.2) is 4.79 Å². The van der Waals surface area contributed by atoms with Gasteiger partial charge in [0, 0.05) is 36.7 Å². The molecule has 0 aliphatic heterocycles. The van der Waals surface area contributed by atoms with E-state index >= 15 is 4.79 Å². The van der Waals surface area contributed by atoms with Gasteiger partial charge in [-0.05, 0) is 77.9 Å². The summed E-state index contributed by atoms with van der Waals surface area (Å²) in [5, 5.41) is 51.0. The number of rotatable bonds is 30. The van der Waals surface area contributed by atoms with E-state index < -0.39 is 108 Å². The Labute approximate surface area is 469 Å². The predicted molar refractivity (Wildman–Crippen MR) is 306 cm³/mol. The number of fused-ring (bicyclic) bond motifs is 1. The van der Waals surface area contributed by atoms with Crippen molar-refractivity contribution in [3.63, 3.8) is 0 Å². The lowest BCUT2D eigenvalue weighted by molar-refractivity contribution is -0.141. The first-order valence-corrected chi connectivity index (χ1v) is 27.1. The van der Waals surface area contributed by atoms with E-state index in [1.165, 1.54) is 19.1 Å². The van der Waals surface area contributed by atoms with Crippen LogP contribution in [-0.2, 0) is 57.6 Å². The molecule has 422 valence electrons. The highest BCUT2D eigenvalue weighted by Gasteiger charge is 2.37. The number of carbonyl (C=O) groups is 8. The lowest BCUT2D eigenvalue weighted by Gasteiger charge is -2.31. The zero-order valence-electron chi connectivity index (χ0n) is 43.9. The Hall–Kier alpha value is -7.50. The highest BCUT2D eigenvalue weighted by atomic mass is 32.1. The van der Waals surface area contributed by atoms with Crippen LogP contribution >= 0.6 is 25.3 Å². The molecular formula is C57H71N9O11S2. The molecule has 0 aliphatic carbocycles. The fourth-order valence-electron chi connectivity index (χ4n) is 8.59. The SMILES string of the molecule is C[C@H](c1ccc2ccccc2c1)[C@H](NC(=O)[C@H](Cc1ccc(O)cc1)NC(=O)[C@H](Cc1ccccc1)NC(=O)[C@@H](N)CS)C(=O)N[C@@H](CCCCN)C(=O)N[C@H](C(=O)N[C@@H](Cc1ccccc1)C(=O)N[C@@H](CS)C(=O)O)[C@@H](C)O. The molecular weight excluding hydrogens is 1050 g/mol. The van der Waals surface area contributed by atoms with Crippen LogP contribution in [0.5, 0.6) is 5.75 Å². The number of carboxylic acids is 1. The van der Waals surface area contributed by atoms with Crippen LogP contribution in [0.2, 0.25) is 0 Å². The molecule has 0 saturated carbocycles. The Bertz CT molecular complexity index is 2850. The van der Waals surface area contributed by atoms with Crippen molar-refractivity contribution in [3.05, 3.63) is 150 Å². The molecule has 0 bridgehead atoms. The van der Waals surface area contributed by atoms with Crippen molar-refractivity contribution in [2.24, 2.45) is 11.5 Å². The number of phenols is 1. The second kappa shape index (κ2) is 31.2. The molecule has 79 heavy (non-hydrogen) atoms. The number of hydrogen-bond acceptors (Lipinski definition) is 14. The zero-order valence-corrected chi connectivity index (χ0v) is 45.7. The van der Waals surface area contributed by atoms with E-state index in [1.807, 2.05) is 36.4 Å². The first-order chi connectivity index (χ1) is 37.8. The number of carbonyl (C=O) groups excluding carboxylic acids is 7. The van der Waals surface area contributed by atoms with Crippen LogP contribution in [0.4, 0.5) is 0 Å². The topological polar surface area (TPSA) is 334 Å². The average molecular weight is 1120 g/mol. The van der Waals surface area contributed by atoms with Crippen molar-refractivity contribution in [2.75, 3.05) is 18.1 Å². The maximum atomic E-state index is 15.0. The maximum Gasteiger partial charge on any atom is 0.327 e. The number of nitrogens with one attached hydrogen (secondary N) is 7. The number of amides is 7. The first-order valence-electron chi connectivity index (χ1n) is 25.9. The van der Waals surface area contributed by atoms with Crippen LogP contribution in [0.3, 0.4) is 0 Å². The Morgan fingerprint density at radius 2 is 0.937 bits per heavy atom. The van der Waals surface area contributed by atoms with Gasteiger partial charge in [0.1, 0.15) is 48.0 Å². The molecule has 20 nitrogen and oxygen atoms in total. The highest BCUT2D eigenvalue weighted by Crippen LogP contribution is 2.25. The van der Waals surface area contributed by atoms with E-state index in [0.29, 0.717) is 35.1 Å². The van der Waals surface area contributed by atoms with Crippen LogP contribution in [0.1, 0.15) is 61.3 Å². The lowest BCUT2D eigenvalue weighted by Crippen LogP contribution is -2.62. The minimum Gasteiger partial charge on any atom is -0.508 e. The number of carboxylic acid groups (broad SMARTS) is 1. The fraction of sp³-hybridized carbons (Fsp3) is 0.368. The van der Waals surface area contributed by atoms with E-state index in [-0.39, 0.29) is 49.5 Å². The molecule has 10 atom stereocenters. The average Bonchev–Trinajstić information content (AvgIpc) is 3.45. The quantitative estimate of drug-likeness (QED) is 0.0230. The van der Waals surface area contributed by atoms with E-state index in [1.54, 1.807) is 85.8 Å². The molecule has 0 fully saturated rings. The van der Waals surface area contributed by atoms with Gasteiger partial charge < -0.3 is 64.0 Å². The molecule has 22 heteroatoms. The number of aliphatic hydroxyl groups excluding tert-OH is 1.